The minimum absolute atomic E-state index is 0.0572. The average Bonchev–Trinajstić information content (AvgIpc) is 2.64. The first-order valence-electron chi connectivity index (χ1n) is 5.39. The van der Waals surface area contributed by atoms with Crippen molar-refractivity contribution in [3.8, 4) is 0 Å². The van der Waals surface area contributed by atoms with Crippen LogP contribution in [0.3, 0.4) is 0 Å². The smallest absolute Gasteiger partial charge is 0.276 e. The zero-order chi connectivity index (χ0) is 11.4. The molecule has 15 heavy (non-hydrogen) atoms. The van der Waals surface area contributed by atoms with Gasteiger partial charge in [-0.2, -0.15) is 8.42 Å². The molecular formula is C9H20N2O3S. The Balaban J connectivity index is 2.47. The molecule has 1 rings (SSSR count). The molecule has 0 aromatic rings. The topological polar surface area (TPSA) is 78.4 Å². The second-order valence-electron chi connectivity index (χ2n) is 4.19. The van der Waals surface area contributed by atoms with E-state index in [1.807, 2.05) is 0 Å². The van der Waals surface area contributed by atoms with Crippen LogP contribution in [0.4, 0.5) is 0 Å². The molecule has 0 aromatic heterocycles. The number of hydrogen-bond acceptors (Lipinski definition) is 3. The van der Waals surface area contributed by atoms with E-state index in [1.54, 1.807) is 6.92 Å². The molecule has 1 saturated carbocycles. The Kier molecular flexibility index (Phi) is 4.51. The Morgan fingerprint density at radius 2 is 1.87 bits per heavy atom. The SMILES string of the molecule is CCNS(=O)(=O)NCC1(CO)CCCC1. The summed E-state index contributed by atoms with van der Waals surface area (Å²) in [6.07, 6.45) is 3.95. The summed E-state index contributed by atoms with van der Waals surface area (Å²) in [7, 11) is -3.38. The van der Waals surface area contributed by atoms with Crippen LogP contribution < -0.4 is 9.44 Å². The highest BCUT2D eigenvalue weighted by Crippen LogP contribution is 2.36. The minimum Gasteiger partial charge on any atom is -0.396 e. The van der Waals surface area contributed by atoms with E-state index >= 15 is 0 Å². The van der Waals surface area contributed by atoms with Gasteiger partial charge in [0.1, 0.15) is 0 Å². The van der Waals surface area contributed by atoms with Gasteiger partial charge in [-0.15, -0.1) is 0 Å². The fraction of sp³-hybridized carbons (Fsp3) is 1.00. The predicted molar refractivity (Wildman–Crippen MR) is 58.6 cm³/mol. The van der Waals surface area contributed by atoms with Crippen LogP contribution in [0.15, 0.2) is 0 Å². The Morgan fingerprint density at radius 1 is 1.27 bits per heavy atom. The molecule has 1 fully saturated rings. The van der Waals surface area contributed by atoms with Crippen LogP contribution in [0.5, 0.6) is 0 Å². The monoisotopic (exact) mass is 236 g/mol. The van der Waals surface area contributed by atoms with E-state index in [9.17, 15) is 13.5 Å². The summed E-state index contributed by atoms with van der Waals surface area (Å²) in [6.45, 7) is 2.50. The van der Waals surface area contributed by atoms with Crippen molar-refractivity contribution in [1.29, 1.82) is 0 Å². The Morgan fingerprint density at radius 3 is 2.33 bits per heavy atom. The summed E-state index contributed by atoms with van der Waals surface area (Å²) in [5, 5.41) is 9.29. The van der Waals surface area contributed by atoms with Crippen molar-refractivity contribution in [3.05, 3.63) is 0 Å². The highest BCUT2D eigenvalue weighted by atomic mass is 32.2. The number of aliphatic hydroxyl groups is 1. The molecule has 1 aliphatic carbocycles. The predicted octanol–water partition coefficient (Wildman–Crippen LogP) is -0.0170. The third kappa shape index (κ3) is 3.71. The molecule has 0 atom stereocenters. The molecule has 90 valence electrons. The largest absolute Gasteiger partial charge is 0.396 e. The first-order valence-corrected chi connectivity index (χ1v) is 6.87. The maximum atomic E-state index is 11.3. The van der Waals surface area contributed by atoms with Crippen LogP contribution in [0.25, 0.3) is 0 Å². The van der Waals surface area contributed by atoms with Crippen LogP contribution in [0.2, 0.25) is 0 Å². The number of aliphatic hydroxyl groups excluding tert-OH is 1. The van der Waals surface area contributed by atoms with Crippen LogP contribution in [0.1, 0.15) is 32.6 Å². The molecule has 0 aliphatic heterocycles. The third-order valence-corrected chi connectivity index (χ3v) is 4.16. The molecule has 0 amide bonds. The fourth-order valence-electron chi connectivity index (χ4n) is 2.00. The van der Waals surface area contributed by atoms with Crippen molar-refractivity contribution >= 4 is 10.2 Å². The standard InChI is InChI=1S/C9H20N2O3S/c1-2-10-15(13,14)11-7-9(8-12)5-3-4-6-9/h10-12H,2-8H2,1H3. The van der Waals surface area contributed by atoms with Crippen molar-refractivity contribution in [2.24, 2.45) is 5.41 Å². The lowest BCUT2D eigenvalue weighted by atomic mass is 9.88. The first-order chi connectivity index (χ1) is 7.04. The third-order valence-electron chi connectivity index (χ3n) is 2.97. The minimum atomic E-state index is -3.38. The Labute approximate surface area is 91.4 Å². The molecular weight excluding hydrogens is 216 g/mol. The van der Waals surface area contributed by atoms with E-state index in [4.69, 9.17) is 0 Å². The summed E-state index contributed by atoms with van der Waals surface area (Å²) >= 11 is 0. The maximum absolute atomic E-state index is 11.3. The lowest BCUT2D eigenvalue weighted by Gasteiger charge is -2.26. The van der Waals surface area contributed by atoms with E-state index in [0.717, 1.165) is 25.7 Å². The molecule has 3 N–H and O–H groups in total. The molecule has 0 spiro atoms. The second-order valence-corrected chi connectivity index (χ2v) is 5.77. The summed E-state index contributed by atoms with van der Waals surface area (Å²) in [6, 6.07) is 0. The van der Waals surface area contributed by atoms with Gasteiger partial charge in [-0.05, 0) is 12.8 Å². The van der Waals surface area contributed by atoms with E-state index in [1.165, 1.54) is 0 Å². The van der Waals surface area contributed by atoms with Gasteiger partial charge in [0.25, 0.3) is 10.2 Å². The molecule has 5 nitrogen and oxygen atoms in total. The fourth-order valence-corrected chi connectivity index (χ4v) is 2.98. The van der Waals surface area contributed by atoms with Gasteiger partial charge in [0.15, 0.2) is 0 Å². The first kappa shape index (κ1) is 12.9. The van der Waals surface area contributed by atoms with Crippen LogP contribution in [-0.2, 0) is 10.2 Å². The zero-order valence-corrected chi connectivity index (χ0v) is 9.94. The van der Waals surface area contributed by atoms with Crippen molar-refractivity contribution in [2.75, 3.05) is 19.7 Å². The molecule has 0 radical (unpaired) electrons. The average molecular weight is 236 g/mol. The Hall–Kier alpha value is -0.170. The van der Waals surface area contributed by atoms with Gasteiger partial charge in [0.2, 0.25) is 0 Å². The molecule has 1 aliphatic rings. The summed E-state index contributed by atoms with van der Waals surface area (Å²) in [5.74, 6) is 0. The van der Waals surface area contributed by atoms with Gasteiger partial charge in [-0.25, -0.2) is 9.44 Å². The number of hydrogen-bond donors (Lipinski definition) is 3. The molecule has 0 unspecified atom stereocenters. The molecule has 6 heteroatoms. The molecule has 0 bridgehead atoms. The van der Waals surface area contributed by atoms with Gasteiger partial charge >= 0.3 is 0 Å². The lowest BCUT2D eigenvalue weighted by molar-refractivity contribution is 0.134. The van der Waals surface area contributed by atoms with Crippen molar-refractivity contribution in [1.82, 2.24) is 9.44 Å². The highest BCUT2D eigenvalue weighted by Gasteiger charge is 2.34. The van der Waals surface area contributed by atoms with Crippen LogP contribution >= 0.6 is 0 Å². The highest BCUT2D eigenvalue weighted by molar-refractivity contribution is 7.87. The van der Waals surface area contributed by atoms with Gasteiger partial charge < -0.3 is 5.11 Å². The normalized spacial score (nSPS) is 20.7. The quantitative estimate of drug-likeness (QED) is 0.606. The van der Waals surface area contributed by atoms with Gasteiger partial charge in [0.05, 0.1) is 0 Å². The summed E-state index contributed by atoms with van der Waals surface area (Å²) in [5.41, 5.74) is -0.234. The molecule has 0 saturated heterocycles. The van der Waals surface area contributed by atoms with Crippen LogP contribution in [0, 0.1) is 5.41 Å². The maximum Gasteiger partial charge on any atom is 0.276 e. The second kappa shape index (κ2) is 5.25. The lowest BCUT2D eigenvalue weighted by Crippen LogP contribution is -2.43. The van der Waals surface area contributed by atoms with Crippen molar-refractivity contribution in [3.63, 3.8) is 0 Å². The van der Waals surface area contributed by atoms with E-state index < -0.39 is 10.2 Å². The van der Waals surface area contributed by atoms with Gasteiger partial charge in [0, 0.05) is 25.1 Å². The van der Waals surface area contributed by atoms with Crippen molar-refractivity contribution < 1.29 is 13.5 Å². The Bertz CT molecular complexity index is 284. The van der Waals surface area contributed by atoms with Crippen molar-refractivity contribution in [2.45, 2.75) is 32.6 Å². The van der Waals surface area contributed by atoms with E-state index in [0.29, 0.717) is 13.1 Å². The van der Waals surface area contributed by atoms with Crippen LogP contribution in [-0.4, -0.2) is 33.2 Å². The molecule has 0 aromatic carbocycles. The molecule has 0 heterocycles. The van der Waals surface area contributed by atoms with E-state index in [2.05, 4.69) is 9.44 Å². The van der Waals surface area contributed by atoms with Gasteiger partial charge in [-0.3, -0.25) is 0 Å². The summed E-state index contributed by atoms with van der Waals surface area (Å²) in [4.78, 5) is 0. The summed E-state index contributed by atoms with van der Waals surface area (Å²) < 4.78 is 27.5. The number of rotatable bonds is 6. The van der Waals surface area contributed by atoms with E-state index in [-0.39, 0.29) is 12.0 Å². The zero-order valence-electron chi connectivity index (χ0n) is 9.12. The van der Waals surface area contributed by atoms with Gasteiger partial charge in [-0.1, -0.05) is 19.8 Å². The number of nitrogens with one attached hydrogen (secondary N) is 2.